The summed E-state index contributed by atoms with van der Waals surface area (Å²) in [6.07, 6.45) is 4.02. The lowest BCUT2D eigenvalue weighted by molar-refractivity contribution is 0.283. The van der Waals surface area contributed by atoms with E-state index >= 15 is 0 Å². The Morgan fingerprint density at radius 2 is 1.50 bits per heavy atom. The molecule has 1 aliphatic carbocycles. The van der Waals surface area contributed by atoms with Crippen molar-refractivity contribution in [1.82, 2.24) is 24.0 Å². The lowest BCUT2D eigenvalue weighted by Gasteiger charge is -2.29. The second-order valence-corrected chi connectivity index (χ2v) is 8.75. The second-order valence-electron chi connectivity index (χ2n) is 6.10. The summed E-state index contributed by atoms with van der Waals surface area (Å²) >= 11 is 11.5. The van der Waals surface area contributed by atoms with E-state index in [2.05, 4.69) is 25.0 Å². The standard InChI is InChI=1S/C13H22Cl2N6O2S/c1-21(2)24(22,23)17-8-10-5-3-9(4-6-10)7-16-13-19-11(14)18-12(15)20-13/h9-10,17H,3-8H2,1-2H3,(H,16,18,19,20). The molecule has 2 rings (SSSR count). The predicted molar refractivity (Wildman–Crippen MR) is 94.4 cm³/mol. The van der Waals surface area contributed by atoms with Crippen LogP contribution in [0.25, 0.3) is 0 Å². The van der Waals surface area contributed by atoms with Gasteiger partial charge in [-0.3, -0.25) is 0 Å². The summed E-state index contributed by atoms with van der Waals surface area (Å²) in [5.74, 6) is 1.24. The van der Waals surface area contributed by atoms with Crippen LogP contribution in [0.15, 0.2) is 0 Å². The molecule has 1 aromatic rings. The zero-order valence-electron chi connectivity index (χ0n) is 13.7. The number of rotatable bonds is 7. The highest BCUT2D eigenvalue weighted by molar-refractivity contribution is 7.87. The first-order chi connectivity index (χ1) is 11.3. The fourth-order valence-corrected chi connectivity index (χ4v) is 3.70. The molecule has 0 atom stereocenters. The number of nitrogens with zero attached hydrogens (tertiary/aromatic N) is 4. The van der Waals surface area contributed by atoms with Crippen LogP contribution in [0.4, 0.5) is 5.95 Å². The van der Waals surface area contributed by atoms with Gasteiger partial charge in [-0.25, -0.2) is 4.72 Å². The summed E-state index contributed by atoms with van der Waals surface area (Å²) in [6, 6.07) is 0. The van der Waals surface area contributed by atoms with Crippen molar-refractivity contribution in [2.75, 3.05) is 32.5 Å². The van der Waals surface area contributed by atoms with Crippen LogP contribution >= 0.6 is 23.2 Å². The Morgan fingerprint density at radius 3 is 2.00 bits per heavy atom. The fourth-order valence-electron chi connectivity index (χ4n) is 2.63. The molecule has 1 fully saturated rings. The molecule has 11 heteroatoms. The number of hydrogen-bond acceptors (Lipinski definition) is 6. The Bertz CT molecular complexity index is 630. The van der Waals surface area contributed by atoms with Crippen molar-refractivity contribution in [2.24, 2.45) is 11.8 Å². The van der Waals surface area contributed by atoms with Gasteiger partial charge in [-0.05, 0) is 60.7 Å². The lowest BCUT2D eigenvalue weighted by Crippen LogP contribution is -2.39. The van der Waals surface area contributed by atoms with E-state index in [9.17, 15) is 8.42 Å². The second kappa shape index (κ2) is 8.57. The molecule has 0 unspecified atom stereocenters. The highest BCUT2D eigenvalue weighted by atomic mass is 35.5. The Kier molecular flexibility index (Phi) is 6.99. The highest BCUT2D eigenvalue weighted by Gasteiger charge is 2.23. The third-order valence-corrected chi connectivity index (χ3v) is 5.96. The van der Waals surface area contributed by atoms with Gasteiger partial charge in [-0.1, -0.05) is 0 Å². The van der Waals surface area contributed by atoms with Crippen molar-refractivity contribution in [3.8, 4) is 0 Å². The van der Waals surface area contributed by atoms with E-state index in [1.54, 1.807) is 0 Å². The van der Waals surface area contributed by atoms with Gasteiger partial charge in [0.05, 0.1) is 0 Å². The average molecular weight is 397 g/mol. The molecule has 1 heterocycles. The van der Waals surface area contributed by atoms with Gasteiger partial charge in [0.2, 0.25) is 16.5 Å². The zero-order valence-corrected chi connectivity index (χ0v) is 16.0. The van der Waals surface area contributed by atoms with Crippen molar-refractivity contribution in [3.63, 3.8) is 0 Å². The van der Waals surface area contributed by atoms with Crippen molar-refractivity contribution in [1.29, 1.82) is 0 Å². The zero-order chi connectivity index (χ0) is 17.7. The first-order valence-corrected chi connectivity index (χ1v) is 9.94. The summed E-state index contributed by atoms with van der Waals surface area (Å²) in [5, 5.41) is 3.26. The van der Waals surface area contributed by atoms with Crippen LogP contribution in [0, 0.1) is 11.8 Å². The summed E-state index contributed by atoms with van der Waals surface area (Å²) in [7, 11) is -0.305. The Hall–Kier alpha value is -0.740. The van der Waals surface area contributed by atoms with Gasteiger partial charge < -0.3 is 5.32 Å². The molecular formula is C13H22Cl2N6O2S. The molecule has 0 amide bonds. The van der Waals surface area contributed by atoms with Crippen molar-refractivity contribution < 1.29 is 8.42 Å². The minimum atomic E-state index is -3.34. The molecule has 0 radical (unpaired) electrons. The molecule has 1 aliphatic rings. The summed E-state index contributed by atoms with van der Waals surface area (Å²) in [6.45, 7) is 1.21. The molecule has 0 saturated heterocycles. The number of aromatic nitrogens is 3. The molecule has 8 nitrogen and oxygen atoms in total. The first-order valence-electron chi connectivity index (χ1n) is 7.74. The van der Waals surface area contributed by atoms with Gasteiger partial charge in [0.15, 0.2) is 0 Å². The number of anilines is 1. The van der Waals surface area contributed by atoms with Crippen LogP contribution in [0.2, 0.25) is 10.6 Å². The molecule has 136 valence electrons. The van der Waals surface area contributed by atoms with Crippen LogP contribution in [0.3, 0.4) is 0 Å². The van der Waals surface area contributed by atoms with Crippen LogP contribution in [0.5, 0.6) is 0 Å². The van der Waals surface area contributed by atoms with Crippen LogP contribution in [-0.2, 0) is 10.2 Å². The van der Waals surface area contributed by atoms with E-state index in [0.717, 1.165) is 32.2 Å². The van der Waals surface area contributed by atoms with Gasteiger partial charge in [0.25, 0.3) is 10.2 Å². The van der Waals surface area contributed by atoms with E-state index in [4.69, 9.17) is 23.2 Å². The smallest absolute Gasteiger partial charge is 0.278 e. The third kappa shape index (κ3) is 5.96. The van der Waals surface area contributed by atoms with Gasteiger partial charge in [-0.2, -0.15) is 27.7 Å². The third-order valence-electron chi connectivity index (χ3n) is 4.13. The number of hydrogen-bond donors (Lipinski definition) is 2. The summed E-state index contributed by atoms with van der Waals surface area (Å²) in [5.41, 5.74) is 0. The highest BCUT2D eigenvalue weighted by Crippen LogP contribution is 2.28. The maximum absolute atomic E-state index is 11.7. The van der Waals surface area contributed by atoms with E-state index in [0.29, 0.717) is 24.3 Å². The van der Waals surface area contributed by atoms with E-state index in [1.165, 1.54) is 18.4 Å². The van der Waals surface area contributed by atoms with Gasteiger partial charge >= 0.3 is 0 Å². The van der Waals surface area contributed by atoms with E-state index < -0.39 is 10.2 Å². The molecule has 1 aromatic heterocycles. The molecular weight excluding hydrogens is 375 g/mol. The van der Waals surface area contributed by atoms with Gasteiger partial charge in [0.1, 0.15) is 0 Å². The van der Waals surface area contributed by atoms with Crippen LogP contribution < -0.4 is 10.0 Å². The largest absolute Gasteiger partial charge is 0.354 e. The molecule has 1 saturated carbocycles. The number of halogens is 2. The van der Waals surface area contributed by atoms with Crippen LogP contribution in [0.1, 0.15) is 25.7 Å². The molecule has 0 bridgehead atoms. The lowest BCUT2D eigenvalue weighted by atomic mass is 9.82. The Balaban J connectivity index is 1.73. The summed E-state index contributed by atoms with van der Waals surface area (Å²) in [4.78, 5) is 11.6. The maximum Gasteiger partial charge on any atom is 0.278 e. The molecule has 2 N–H and O–H groups in total. The minimum Gasteiger partial charge on any atom is -0.354 e. The van der Waals surface area contributed by atoms with Crippen molar-refractivity contribution >= 4 is 39.4 Å². The van der Waals surface area contributed by atoms with Gasteiger partial charge in [0, 0.05) is 27.2 Å². The van der Waals surface area contributed by atoms with E-state index in [-0.39, 0.29) is 10.6 Å². The molecule has 0 spiro atoms. The predicted octanol–water partition coefficient (Wildman–Crippen LogP) is 1.79. The van der Waals surface area contributed by atoms with Crippen molar-refractivity contribution in [3.05, 3.63) is 10.6 Å². The number of nitrogens with one attached hydrogen (secondary N) is 2. The normalized spacial score (nSPS) is 21.9. The quantitative estimate of drug-likeness (QED) is 0.728. The van der Waals surface area contributed by atoms with Crippen LogP contribution in [-0.4, -0.2) is 54.9 Å². The first kappa shape index (κ1) is 19.6. The summed E-state index contributed by atoms with van der Waals surface area (Å²) < 4.78 is 27.3. The van der Waals surface area contributed by atoms with E-state index in [1.807, 2.05) is 0 Å². The molecule has 0 aliphatic heterocycles. The SMILES string of the molecule is CN(C)S(=O)(=O)NCC1CCC(CNc2nc(Cl)nc(Cl)n2)CC1. The topological polar surface area (TPSA) is 100 Å². The minimum absolute atomic E-state index is 0.0642. The monoisotopic (exact) mass is 396 g/mol. The van der Waals surface area contributed by atoms with Gasteiger partial charge in [-0.15, -0.1) is 0 Å². The average Bonchev–Trinajstić information content (AvgIpc) is 2.51. The molecule has 24 heavy (non-hydrogen) atoms. The van der Waals surface area contributed by atoms with Crippen molar-refractivity contribution in [2.45, 2.75) is 25.7 Å². The Labute approximate surface area is 152 Å². The Morgan fingerprint density at radius 1 is 1.00 bits per heavy atom. The fraction of sp³-hybridized carbons (Fsp3) is 0.769. The maximum atomic E-state index is 11.7. The molecule has 0 aromatic carbocycles.